The molecule has 0 saturated carbocycles. The predicted molar refractivity (Wildman–Crippen MR) is 125 cm³/mol. The van der Waals surface area contributed by atoms with E-state index in [1.54, 1.807) is 38.7 Å². The fourth-order valence-electron chi connectivity index (χ4n) is 2.62. The Morgan fingerprint density at radius 2 is 1.77 bits per heavy atom. The summed E-state index contributed by atoms with van der Waals surface area (Å²) in [6.07, 6.45) is 2.15. The van der Waals surface area contributed by atoms with Crippen LogP contribution in [0.15, 0.2) is 22.6 Å². The Hall–Kier alpha value is -1.76. The van der Waals surface area contributed by atoms with Gasteiger partial charge in [-0.1, -0.05) is 46.3 Å². The Bertz CT molecular complexity index is 656. The number of carbonyl (C=O) groups is 3. The molecule has 0 aromatic rings. The number of nitrogens with zero attached hydrogens (tertiary/aromatic N) is 1. The van der Waals surface area contributed by atoms with Crippen molar-refractivity contribution in [3.05, 3.63) is 22.6 Å². The molecule has 0 fully saturated rings. The normalized spacial score (nSPS) is 14.7. The maximum atomic E-state index is 12.9. The zero-order chi connectivity index (χ0) is 23.5. The number of nitrogens with one attached hydrogen (secondary N) is 1. The molecule has 0 radical (unpaired) electrons. The van der Waals surface area contributed by atoms with Crippen LogP contribution in [0.1, 0.15) is 61.8 Å². The Kier molecular flexibility index (Phi) is 12.7. The molecule has 0 spiro atoms. The van der Waals surface area contributed by atoms with Gasteiger partial charge in [-0.15, -0.1) is 11.8 Å². The third-order valence-corrected chi connectivity index (χ3v) is 6.44. The van der Waals surface area contributed by atoms with Crippen molar-refractivity contribution in [2.24, 2.45) is 11.3 Å². The summed E-state index contributed by atoms with van der Waals surface area (Å²) in [4.78, 5) is 38.9. The molecule has 30 heavy (non-hydrogen) atoms. The third kappa shape index (κ3) is 8.54. The van der Waals surface area contributed by atoms with Crippen LogP contribution in [-0.4, -0.2) is 54.7 Å². The van der Waals surface area contributed by atoms with E-state index in [0.29, 0.717) is 18.6 Å². The number of carbonyl (C=O) groups excluding carboxylic acids is 3. The summed E-state index contributed by atoms with van der Waals surface area (Å²) >= 11 is 1.72. The molecule has 0 heterocycles. The molecule has 0 aliphatic heterocycles. The van der Waals surface area contributed by atoms with Crippen LogP contribution < -0.4 is 5.32 Å². The van der Waals surface area contributed by atoms with E-state index in [-0.39, 0.29) is 35.7 Å². The van der Waals surface area contributed by atoms with Gasteiger partial charge in [0.15, 0.2) is 0 Å². The smallest absolute Gasteiger partial charge is 0.333 e. The van der Waals surface area contributed by atoms with Gasteiger partial charge >= 0.3 is 5.97 Å². The molecule has 7 heteroatoms. The molecule has 172 valence electrons. The molecule has 0 bridgehead atoms. The van der Waals surface area contributed by atoms with Gasteiger partial charge in [0, 0.05) is 25.1 Å². The zero-order valence-electron chi connectivity index (χ0n) is 20.1. The number of hydrogen-bond acceptors (Lipinski definition) is 5. The van der Waals surface area contributed by atoms with E-state index in [2.05, 4.69) is 31.5 Å². The van der Waals surface area contributed by atoms with E-state index in [0.717, 1.165) is 11.3 Å². The Morgan fingerprint density at radius 1 is 1.17 bits per heavy atom. The molecule has 0 aromatic carbocycles. The summed E-state index contributed by atoms with van der Waals surface area (Å²) in [6, 6.07) is -0.605. The molecule has 2 amide bonds. The standard InChI is InChI=1S/C23H40N2O4S/c1-10-19(21(27)25(9)14-13-16(4)22(28)29-11-2)24-20(26)18(6)23(7,8)17(5)15-30-12-3/h13,15,18-19H,10-12,14H2,1-9H3,(H,24,26)/b16-13+,17-15+/t18-,19+/m1/s1. The highest BCUT2D eigenvalue weighted by atomic mass is 32.2. The summed E-state index contributed by atoms with van der Waals surface area (Å²) in [5.74, 6) is -0.0148. The molecule has 0 saturated heterocycles. The van der Waals surface area contributed by atoms with Crippen LogP contribution in [0.4, 0.5) is 0 Å². The van der Waals surface area contributed by atoms with Crippen molar-refractivity contribution in [3.8, 4) is 0 Å². The third-order valence-electron chi connectivity index (χ3n) is 5.59. The van der Waals surface area contributed by atoms with Crippen molar-refractivity contribution in [2.45, 2.75) is 67.9 Å². The van der Waals surface area contributed by atoms with E-state index in [9.17, 15) is 14.4 Å². The van der Waals surface area contributed by atoms with Crippen molar-refractivity contribution in [3.63, 3.8) is 0 Å². The lowest BCUT2D eigenvalue weighted by Crippen LogP contribution is -2.50. The molecule has 6 nitrogen and oxygen atoms in total. The van der Waals surface area contributed by atoms with Gasteiger partial charge in [0.2, 0.25) is 11.8 Å². The van der Waals surface area contributed by atoms with Crippen molar-refractivity contribution >= 4 is 29.5 Å². The van der Waals surface area contributed by atoms with Crippen LogP contribution in [0.5, 0.6) is 0 Å². The van der Waals surface area contributed by atoms with Gasteiger partial charge in [-0.05, 0) is 43.8 Å². The summed E-state index contributed by atoms with van der Waals surface area (Å²) in [6.45, 7) is 16.0. The van der Waals surface area contributed by atoms with Crippen LogP contribution in [0.2, 0.25) is 0 Å². The molecular weight excluding hydrogens is 400 g/mol. The molecule has 2 atom stereocenters. The van der Waals surface area contributed by atoms with E-state index >= 15 is 0 Å². The Balaban J connectivity index is 5.12. The zero-order valence-corrected chi connectivity index (χ0v) is 20.9. The second kappa shape index (κ2) is 13.5. The average Bonchev–Trinajstić information content (AvgIpc) is 2.72. The minimum atomic E-state index is -0.605. The number of amides is 2. The monoisotopic (exact) mass is 440 g/mol. The van der Waals surface area contributed by atoms with Gasteiger partial charge in [-0.2, -0.15) is 0 Å². The predicted octanol–water partition coefficient (Wildman–Crippen LogP) is 4.17. The van der Waals surface area contributed by atoms with E-state index in [1.807, 2.05) is 20.8 Å². The highest BCUT2D eigenvalue weighted by molar-refractivity contribution is 8.02. The number of thioether (sulfide) groups is 1. The van der Waals surface area contributed by atoms with Gasteiger partial charge in [0.25, 0.3) is 0 Å². The maximum absolute atomic E-state index is 12.9. The van der Waals surface area contributed by atoms with Crippen LogP contribution in [0.25, 0.3) is 0 Å². The first kappa shape index (κ1) is 28.2. The first-order valence-corrected chi connectivity index (χ1v) is 11.7. The van der Waals surface area contributed by atoms with Crippen molar-refractivity contribution in [1.29, 1.82) is 0 Å². The molecule has 0 aromatic heterocycles. The number of hydrogen-bond donors (Lipinski definition) is 1. The lowest BCUT2D eigenvalue weighted by atomic mass is 9.74. The minimum absolute atomic E-state index is 0.138. The minimum Gasteiger partial charge on any atom is -0.463 e. The number of allylic oxidation sites excluding steroid dienone is 1. The summed E-state index contributed by atoms with van der Waals surface area (Å²) in [5, 5.41) is 5.03. The SMILES string of the molecule is CCOC(=O)/C(C)=C/CN(C)C(=O)[C@H](CC)NC(=O)[C@@H](C)C(C)(C)/C(C)=C/SCC. The Labute approximate surface area is 186 Å². The van der Waals surface area contributed by atoms with Gasteiger partial charge in [-0.25, -0.2) is 4.79 Å². The number of rotatable bonds is 12. The second-order valence-corrected chi connectivity index (χ2v) is 9.14. The van der Waals surface area contributed by atoms with Gasteiger partial charge in [0.1, 0.15) is 6.04 Å². The van der Waals surface area contributed by atoms with Crippen molar-refractivity contribution in [2.75, 3.05) is 26.0 Å². The number of esters is 1. The maximum Gasteiger partial charge on any atom is 0.333 e. The first-order chi connectivity index (χ1) is 13.9. The van der Waals surface area contributed by atoms with Gasteiger partial charge in [0.05, 0.1) is 6.61 Å². The quantitative estimate of drug-likeness (QED) is 0.364. The first-order valence-electron chi connectivity index (χ1n) is 10.6. The largest absolute Gasteiger partial charge is 0.463 e. The van der Waals surface area contributed by atoms with Crippen LogP contribution in [0.3, 0.4) is 0 Å². The lowest BCUT2D eigenvalue weighted by Gasteiger charge is -2.33. The van der Waals surface area contributed by atoms with Gasteiger partial charge < -0.3 is 15.0 Å². The second-order valence-electron chi connectivity index (χ2n) is 8.00. The topological polar surface area (TPSA) is 75.7 Å². The highest BCUT2D eigenvalue weighted by Gasteiger charge is 2.34. The van der Waals surface area contributed by atoms with Crippen molar-refractivity contribution in [1.82, 2.24) is 10.2 Å². The summed E-state index contributed by atoms with van der Waals surface area (Å²) in [5.41, 5.74) is 1.28. The average molecular weight is 441 g/mol. The van der Waals surface area contributed by atoms with Crippen molar-refractivity contribution < 1.29 is 19.1 Å². The number of likely N-dealkylation sites (N-methyl/N-ethyl adjacent to an activating group) is 1. The van der Waals surface area contributed by atoms with E-state index in [1.165, 1.54) is 4.90 Å². The van der Waals surface area contributed by atoms with E-state index < -0.39 is 6.04 Å². The fraction of sp³-hybridized carbons (Fsp3) is 0.696. The highest BCUT2D eigenvalue weighted by Crippen LogP contribution is 2.36. The van der Waals surface area contributed by atoms with Crippen LogP contribution in [0, 0.1) is 11.3 Å². The van der Waals surface area contributed by atoms with Gasteiger partial charge in [-0.3, -0.25) is 9.59 Å². The molecule has 0 rings (SSSR count). The summed E-state index contributed by atoms with van der Waals surface area (Å²) in [7, 11) is 1.66. The van der Waals surface area contributed by atoms with Crippen LogP contribution >= 0.6 is 11.8 Å². The van der Waals surface area contributed by atoms with E-state index in [4.69, 9.17) is 4.74 Å². The molecule has 0 aliphatic carbocycles. The summed E-state index contributed by atoms with van der Waals surface area (Å²) < 4.78 is 4.95. The number of ether oxygens (including phenoxy) is 1. The molecular formula is C23H40N2O4S. The lowest BCUT2D eigenvalue weighted by molar-refractivity contribution is -0.138. The van der Waals surface area contributed by atoms with Crippen LogP contribution in [-0.2, 0) is 19.1 Å². The molecule has 1 N–H and O–H groups in total. The molecule has 0 aliphatic rings. The molecule has 0 unspecified atom stereocenters. The fourth-order valence-corrected chi connectivity index (χ4v) is 3.34. The Morgan fingerprint density at radius 3 is 2.27 bits per heavy atom.